The van der Waals surface area contributed by atoms with Crippen molar-refractivity contribution in [3.05, 3.63) is 48.3 Å². The van der Waals surface area contributed by atoms with Crippen LogP contribution < -0.4 is 4.74 Å². The zero-order chi connectivity index (χ0) is 21.5. The van der Waals surface area contributed by atoms with E-state index in [0.717, 1.165) is 0 Å². The van der Waals surface area contributed by atoms with Crippen molar-refractivity contribution in [1.82, 2.24) is 13.8 Å². The van der Waals surface area contributed by atoms with E-state index in [1.165, 1.54) is 0 Å². The maximum Gasteiger partial charge on any atom is 0.270 e. The minimum atomic E-state index is -3.69. The number of carbonyl (C=O) groups is 1. The first kappa shape index (κ1) is 20.9. The molecule has 162 valence electrons. The van der Waals surface area contributed by atoms with Crippen LogP contribution in [-0.2, 0) is 17.1 Å². The molecule has 2 aliphatic rings. The lowest BCUT2D eigenvalue weighted by Gasteiger charge is -2.32. The van der Waals surface area contributed by atoms with Crippen molar-refractivity contribution in [2.75, 3.05) is 19.6 Å². The number of amides is 1. The normalized spacial score (nSPS) is 23.8. The molecule has 0 unspecified atom stereocenters. The van der Waals surface area contributed by atoms with Gasteiger partial charge in [-0.1, -0.05) is 26.0 Å². The standard InChI is InChI=1S/C22H29N3O4S/c1-16(2)15-25-17-10-13-24(22(26)18-7-6-12-23(18)3)14-11-19(17)29-20-8-4-5-9-21(20)30(25,27)28/h4-9,12,16-17,19H,10-11,13-15H2,1-3H3/t17-,19-/m0/s1. The van der Waals surface area contributed by atoms with Crippen LogP contribution in [0.1, 0.15) is 37.2 Å². The number of carbonyl (C=O) groups excluding carboxylic acids is 1. The van der Waals surface area contributed by atoms with Crippen LogP contribution in [0.15, 0.2) is 47.5 Å². The van der Waals surface area contributed by atoms with Crippen LogP contribution in [0.5, 0.6) is 5.75 Å². The van der Waals surface area contributed by atoms with Crippen molar-refractivity contribution in [2.24, 2.45) is 13.0 Å². The van der Waals surface area contributed by atoms with Gasteiger partial charge in [0.25, 0.3) is 5.91 Å². The molecule has 1 aromatic heterocycles. The van der Waals surface area contributed by atoms with Gasteiger partial charge in [0.1, 0.15) is 22.4 Å². The molecule has 7 nitrogen and oxygen atoms in total. The van der Waals surface area contributed by atoms with E-state index in [1.807, 2.05) is 48.7 Å². The van der Waals surface area contributed by atoms with Gasteiger partial charge in [-0.05, 0) is 36.6 Å². The molecule has 30 heavy (non-hydrogen) atoms. The number of aromatic nitrogens is 1. The van der Waals surface area contributed by atoms with Crippen molar-refractivity contribution >= 4 is 15.9 Å². The van der Waals surface area contributed by atoms with Crippen LogP contribution >= 0.6 is 0 Å². The minimum absolute atomic E-state index is 0.0300. The molecule has 0 saturated carbocycles. The van der Waals surface area contributed by atoms with Crippen LogP contribution in [0.3, 0.4) is 0 Å². The van der Waals surface area contributed by atoms with Crippen molar-refractivity contribution < 1.29 is 17.9 Å². The summed E-state index contributed by atoms with van der Waals surface area (Å²) in [6.45, 7) is 5.49. The Labute approximate surface area is 178 Å². The summed E-state index contributed by atoms with van der Waals surface area (Å²) in [7, 11) is -1.83. The molecule has 1 fully saturated rings. The molecule has 1 saturated heterocycles. The summed E-state index contributed by atoms with van der Waals surface area (Å²) < 4.78 is 36.8. The van der Waals surface area contributed by atoms with E-state index in [0.29, 0.717) is 43.9 Å². The van der Waals surface area contributed by atoms with E-state index in [2.05, 4.69) is 0 Å². The molecule has 1 aromatic carbocycles. The van der Waals surface area contributed by atoms with Gasteiger partial charge in [-0.15, -0.1) is 0 Å². The van der Waals surface area contributed by atoms with Crippen LogP contribution in [0.25, 0.3) is 0 Å². The second kappa shape index (κ2) is 8.07. The van der Waals surface area contributed by atoms with Gasteiger partial charge in [-0.3, -0.25) is 4.79 Å². The number of ether oxygens (including phenoxy) is 1. The highest BCUT2D eigenvalue weighted by atomic mass is 32.2. The highest BCUT2D eigenvalue weighted by molar-refractivity contribution is 7.89. The molecule has 2 atom stereocenters. The number of likely N-dealkylation sites (tertiary alicyclic amines) is 1. The monoisotopic (exact) mass is 431 g/mol. The number of rotatable bonds is 3. The number of nitrogens with zero attached hydrogens (tertiary/aromatic N) is 3. The summed E-state index contributed by atoms with van der Waals surface area (Å²) >= 11 is 0. The molecule has 0 aliphatic carbocycles. The number of benzene rings is 1. The molecular weight excluding hydrogens is 402 g/mol. The van der Waals surface area contributed by atoms with E-state index in [-0.39, 0.29) is 28.9 Å². The van der Waals surface area contributed by atoms with E-state index in [4.69, 9.17) is 4.74 Å². The Morgan fingerprint density at radius 3 is 2.57 bits per heavy atom. The Balaban J connectivity index is 1.67. The Bertz CT molecular complexity index is 1030. The predicted molar refractivity (Wildman–Crippen MR) is 114 cm³/mol. The zero-order valence-corrected chi connectivity index (χ0v) is 18.5. The molecule has 8 heteroatoms. The fourth-order valence-corrected chi connectivity index (χ4v) is 6.36. The minimum Gasteiger partial charge on any atom is -0.487 e. The first-order valence-electron chi connectivity index (χ1n) is 10.5. The topological polar surface area (TPSA) is 71.8 Å². The second-order valence-electron chi connectivity index (χ2n) is 8.51. The molecule has 1 amide bonds. The Hall–Kier alpha value is -2.32. The number of hydrogen-bond donors (Lipinski definition) is 0. The Morgan fingerprint density at radius 2 is 1.87 bits per heavy atom. The molecule has 3 heterocycles. The lowest BCUT2D eigenvalue weighted by Crippen LogP contribution is -2.48. The molecule has 2 aromatic rings. The van der Waals surface area contributed by atoms with Gasteiger partial charge in [-0.25, -0.2) is 8.42 Å². The lowest BCUT2D eigenvalue weighted by atomic mass is 10.0. The average molecular weight is 432 g/mol. The lowest BCUT2D eigenvalue weighted by molar-refractivity contribution is 0.0745. The molecule has 0 bridgehead atoms. The quantitative estimate of drug-likeness (QED) is 0.749. The second-order valence-corrected chi connectivity index (χ2v) is 10.4. The predicted octanol–water partition coefficient (Wildman–Crippen LogP) is 2.74. The number of hydrogen-bond acceptors (Lipinski definition) is 4. The number of sulfonamides is 1. The fourth-order valence-electron chi connectivity index (χ4n) is 4.40. The van der Waals surface area contributed by atoms with Crippen LogP contribution in [-0.4, -0.2) is 59.9 Å². The maximum absolute atomic E-state index is 13.5. The SMILES string of the molecule is CC(C)CN1[C@H]2CCN(C(=O)c3cccn3C)CC[C@@H]2Oc2ccccc2S1(=O)=O. The van der Waals surface area contributed by atoms with Crippen molar-refractivity contribution in [3.63, 3.8) is 0 Å². The van der Waals surface area contributed by atoms with E-state index >= 15 is 0 Å². The third-order valence-electron chi connectivity index (χ3n) is 5.89. The van der Waals surface area contributed by atoms with Crippen LogP contribution in [0, 0.1) is 5.92 Å². The molecule has 0 radical (unpaired) electrons. The third-order valence-corrected chi connectivity index (χ3v) is 7.82. The number of fused-ring (bicyclic) bond motifs is 2. The molecule has 4 rings (SSSR count). The Kier molecular flexibility index (Phi) is 5.63. The fraction of sp³-hybridized carbons (Fsp3) is 0.500. The Morgan fingerprint density at radius 1 is 1.13 bits per heavy atom. The number of para-hydroxylation sites is 1. The van der Waals surface area contributed by atoms with Gasteiger partial charge in [-0.2, -0.15) is 4.31 Å². The van der Waals surface area contributed by atoms with Gasteiger partial charge in [0, 0.05) is 39.3 Å². The maximum atomic E-state index is 13.5. The van der Waals surface area contributed by atoms with Gasteiger partial charge in [0.15, 0.2) is 0 Å². The smallest absolute Gasteiger partial charge is 0.270 e. The van der Waals surface area contributed by atoms with Gasteiger partial charge in [0.05, 0.1) is 6.04 Å². The van der Waals surface area contributed by atoms with Gasteiger partial charge in [0.2, 0.25) is 10.0 Å². The average Bonchev–Trinajstić information content (AvgIpc) is 2.99. The van der Waals surface area contributed by atoms with E-state index in [9.17, 15) is 13.2 Å². The van der Waals surface area contributed by atoms with Crippen molar-refractivity contribution in [3.8, 4) is 5.75 Å². The number of aryl methyl sites for hydroxylation is 1. The molecule has 0 spiro atoms. The highest BCUT2D eigenvalue weighted by Gasteiger charge is 2.43. The summed E-state index contributed by atoms with van der Waals surface area (Å²) in [5.74, 6) is 0.550. The summed E-state index contributed by atoms with van der Waals surface area (Å²) in [5, 5.41) is 0. The van der Waals surface area contributed by atoms with Gasteiger partial charge < -0.3 is 14.2 Å². The molecule has 2 aliphatic heterocycles. The summed E-state index contributed by atoms with van der Waals surface area (Å²) in [5.41, 5.74) is 0.634. The zero-order valence-electron chi connectivity index (χ0n) is 17.7. The van der Waals surface area contributed by atoms with Gasteiger partial charge >= 0.3 is 0 Å². The highest BCUT2D eigenvalue weighted by Crippen LogP contribution is 2.36. The molecular formula is C22H29N3O4S. The summed E-state index contributed by atoms with van der Waals surface area (Å²) in [4.78, 5) is 15.1. The van der Waals surface area contributed by atoms with Crippen LogP contribution in [0.2, 0.25) is 0 Å². The summed E-state index contributed by atoms with van der Waals surface area (Å²) in [6, 6.07) is 10.2. The van der Waals surface area contributed by atoms with Crippen molar-refractivity contribution in [1.29, 1.82) is 0 Å². The largest absolute Gasteiger partial charge is 0.487 e. The van der Waals surface area contributed by atoms with Crippen LogP contribution in [0.4, 0.5) is 0 Å². The van der Waals surface area contributed by atoms with E-state index < -0.39 is 10.0 Å². The van der Waals surface area contributed by atoms with E-state index in [1.54, 1.807) is 28.6 Å². The van der Waals surface area contributed by atoms with Crippen molar-refractivity contribution in [2.45, 2.75) is 43.7 Å². The third kappa shape index (κ3) is 3.74. The molecule has 0 N–H and O–H groups in total. The first-order chi connectivity index (χ1) is 14.3. The summed E-state index contributed by atoms with van der Waals surface area (Å²) in [6.07, 6.45) is 2.68. The first-order valence-corrected chi connectivity index (χ1v) is 11.9.